The maximum atomic E-state index is 11.6. The van der Waals surface area contributed by atoms with Crippen LogP contribution in [0.1, 0.15) is 22.3 Å². The summed E-state index contributed by atoms with van der Waals surface area (Å²) in [5.74, 6) is 0.371. The van der Waals surface area contributed by atoms with Crippen molar-refractivity contribution in [2.75, 3.05) is 7.11 Å². The van der Waals surface area contributed by atoms with Gasteiger partial charge in [0.05, 0.1) is 19.2 Å². The van der Waals surface area contributed by atoms with Gasteiger partial charge in [-0.25, -0.2) is 0 Å². The van der Waals surface area contributed by atoms with Gasteiger partial charge in [0.2, 0.25) is 0 Å². The quantitative estimate of drug-likeness (QED) is 0.408. The minimum Gasteiger partial charge on any atom is -0.493 e. The minimum absolute atomic E-state index is 0.0627. The molecule has 0 amide bonds. The van der Waals surface area contributed by atoms with Crippen LogP contribution >= 0.6 is 0 Å². The Balaban J connectivity index is 1.75. The Kier molecular flexibility index (Phi) is 5.67. The number of aryl methyl sites for hydroxylation is 2. The Morgan fingerprint density at radius 1 is 1.00 bits per heavy atom. The highest BCUT2D eigenvalue weighted by molar-refractivity contribution is 5.96. The van der Waals surface area contributed by atoms with Crippen molar-refractivity contribution in [3.63, 3.8) is 0 Å². The number of rotatable bonds is 7. The molecule has 2 N–H and O–H groups in total. The number of ether oxygens (including phenoxy) is 2. The zero-order chi connectivity index (χ0) is 22.0. The number of carboxylic acids is 1. The first-order chi connectivity index (χ1) is 15.0. The maximum absolute atomic E-state index is 11.6. The largest absolute Gasteiger partial charge is 0.493 e. The molecule has 158 valence electrons. The number of aliphatic carboxylic acids is 1. The molecule has 5 heteroatoms. The van der Waals surface area contributed by atoms with Gasteiger partial charge in [0.1, 0.15) is 6.61 Å². The number of benzene rings is 3. The lowest BCUT2D eigenvalue weighted by Crippen LogP contribution is -2.01. The number of hydrogen-bond acceptors (Lipinski definition) is 3. The SMILES string of the molecule is COc1cc(-c2[nH]c3c(C)cc(C)cc3c2CC(=O)O)ccc1OCc1ccccc1. The average molecular weight is 415 g/mol. The van der Waals surface area contributed by atoms with Crippen molar-refractivity contribution < 1.29 is 19.4 Å². The second-order valence-corrected chi connectivity index (χ2v) is 7.69. The molecule has 0 bridgehead atoms. The molecular weight excluding hydrogens is 390 g/mol. The Bertz CT molecular complexity index is 1240. The summed E-state index contributed by atoms with van der Waals surface area (Å²) in [4.78, 5) is 15.1. The van der Waals surface area contributed by atoms with Gasteiger partial charge in [0.15, 0.2) is 11.5 Å². The van der Waals surface area contributed by atoms with Gasteiger partial charge in [0, 0.05) is 16.5 Å². The second-order valence-electron chi connectivity index (χ2n) is 7.69. The Hall–Kier alpha value is -3.73. The zero-order valence-electron chi connectivity index (χ0n) is 17.9. The summed E-state index contributed by atoms with van der Waals surface area (Å²) in [6, 6.07) is 19.7. The predicted molar refractivity (Wildman–Crippen MR) is 122 cm³/mol. The van der Waals surface area contributed by atoms with Crippen LogP contribution < -0.4 is 9.47 Å². The third-order valence-electron chi connectivity index (χ3n) is 5.37. The van der Waals surface area contributed by atoms with Crippen LogP contribution in [0.15, 0.2) is 60.7 Å². The van der Waals surface area contributed by atoms with E-state index in [1.165, 1.54) is 0 Å². The smallest absolute Gasteiger partial charge is 0.307 e. The third-order valence-corrected chi connectivity index (χ3v) is 5.37. The van der Waals surface area contributed by atoms with E-state index in [1.54, 1.807) is 7.11 Å². The second kappa shape index (κ2) is 8.56. The molecule has 0 atom stereocenters. The van der Waals surface area contributed by atoms with Crippen molar-refractivity contribution in [1.82, 2.24) is 4.98 Å². The van der Waals surface area contributed by atoms with Gasteiger partial charge in [-0.2, -0.15) is 0 Å². The van der Waals surface area contributed by atoms with E-state index in [2.05, 4.69) is 11.1 Å². The molecule has 3 aromatic carbocycles. The number of fused-ring (bicyclic) bond motifs is 1. The zero-order valence-corrected chi connectivity index (χ0v) is 17.9. The molecule has 0 unspecified atom stereocenters. The number of methoxy groups -OCH3 is 1. The molecule has 0 fully saturated rings. The molecular formula is C26H25NO4. The molecule has 31 heavy (non-hydrogen) atoms. The monoisotopic (exact) mass is 415 g/mol. The molecule has 0 spiro atoms. The van der Waals surface area contributed by atoms with Crippen molar-refractivity contribution in [2.45, 2.75) is 26.9 Å². The van der Waals surface area contributed by atoms with E-state index in [0.717, 1.165) is 44.4 Å². The first-order valence-electron chi connectivity index (χ1n) is 10.1. The first kappa shape index (κ1) is 20.5. The van der Waals surface area contributed by atoms with Gasteiger partial charge >= 0.3 is 5.97 Å². The van der Waals surface area contributed by atoms with E-state index >= 15 is 0 Å². The van der Waals surface area contributed by atoms with Gasteiger partial charge in [-0.3, -0.25) is 4.79 Å². The highest BCUT2D eigenvalue weighted by Crippen LogP contribution is 2.37. The normalized spacial score (nSPS) is 10.9. The highest BCUT2D eigenvalue weighted by Gasteiger charge is 2.19. The molecule has 0 saturated carbocycles. The van der Waals surface area contributed by atoms with Crippen LogP contribution in [-0.2, 0) is 17.8 Å². The maximum Gasteiger partial charge on any atom is 0.307 e. The third kappa shape index (κ3) is 4.26. The topological polar surface area (TPSA) is 71.6 Å². The molecule has 5 nitrogen and oxygen atoms in total. The number of carbonyl (C=O) groups is 1. The van der Waals surface area contributed by atoms with E-state index in [1.807, 2.05) is 68.4 Å². The average Bonchev–Trinajstić information content (AvgIpc) is 3.11. The number of hydrogen-bond donors (Lipinski definition) is 2. The van der Waals surface area contributed by atoms with Gasteiger partial charge in [-0.1, -0.05) is 42.0 Å². The molecule has 0 aliphatic rings. The van der Waals surface area contributed by atoms with Crippen LogP contribution in [0.4, 0.5) is 0 Å². The fourth-order valence-corrected chi connectivity index (χ4v) is 3.97. The van der Waals surface area contributed by atoms with Crippen molar-refractivity contribution >= 4 is 16.9 Å². The summed E-state index contributed by atoms with van der Waals surface area (Å²) in [6.45, 7) is 4.48. The molecule has 0 aliphatic carbocycles. The number of carboxylic acid groups (broad SMARTS) is 1. The molecule has 4 rings (SSSR count). The summed E-state index contributed by atoms with van der Waals surface area (Å²) >= 11 is 0. The lowest BCUT2D eigenvalue weighted by atomic mass is 10.00. The van der Waals surface area contributed by atoms with Crippen molar-refractivity contribution in [3.05, 3.63) is 82.9 Å². The van der Waals surface area contributed by atoms with E-state index in [9.17, 15) is 9.90 Å². The van der Waals surface area contributed by atoms with Crippen LogP contribution in [0.5, 0.6) is 11.5 Å². The number of aromatic nitrogens is 1. The first-order valence-corrected chi connectivity index (χ1v) is 10.1. The fraction of sp³-hybridized carbons (Fsp3) is 0.192. The summed E-state index contributed by atoms with van der Waals surface area (Å²) < 4.78 is 11.5. The summed E-state index contributed by atoms with van der Waals surface area (Å²) in [6.07, 6.45) is -0.0627. The molecule has 0 aliphatic heterocycles. The summed E-state index contributed by atoms with van der Waals surface area (Å²) in [5, 5.41) is 10.5. The predicted octanol–water partition coefficient (Wildman–Crippen LogP) is 5.67. The van der Waals surface area contributed by atoms with E-state index in [-0.39, 0.29) is 6.42 Å². The van der Waals surface area contributed by atoms with Crippen molar-refractivity contribution in [1.29, 1.82) is 0 Å². The highest BCUT2D eigenvalue weighted by atomic mass is 16.5. The van der Waals surface area contributed by atoms with Gasteiger partial charge in [-0.05, 0) is 54.8 Å². The molecule has 0 saturated heterocycles. The van der Waals surface area contributed by atoms with Crippen LogP contribution in [0.2, 0.25) is 0 Å². The van der Waals surface area contributed by atoms with Gasteiger partial charge in [0.25, 0.3) is 0 Å². The Morgan fingerprint density at radius 3 is 2.48 bits per heavy atom. The minimum atomic E-state index is -0.865. The van der Waals surface area contributed by atoms with Crippen LogP contribution in [-0.4, -0.2) is 23.2 Å². The van der Waals surface area contributed by atoms with Crippen molar-refractivity contribution in [2.24, 2.45) is 0 Å². The summed E-state index contributed by atoms with van der Waals surface area (Å²) in [7, 11) is 1.60. The standard InChI is InChI=1S/C26H25NO4/c1-16-11-17(2)25-20(12-16)21(14-24(28)29)26(27-25)19-9-10-22(23(13-19)30-3)31-15-18-7-5-4-6-8-18/h4-13,27H,14-15H2,1-3H3,(H,28,29). The lowest BCUT2D eigenvalue weighted by Gasteiger charge is -2.13. The molecule has 1 aromatic heterocycles. The Labute approximate surface area is 181 Å². The number of nitrogens with one attached hydrogen (secondary N) is 1. The molecule has 0 radical (unpaired) electrons. The number of aromatic amines is 1. The summed E-state index contributed by atoms with van der Waals surface area (Å²) in [5.41, 5.74) is 6.63. The number of H-pyrrole nitrogens is 1. The van der Waals surface area contributed by atoms with E-state index < -0.39 is 5.97 Å². The lowest BCUT2D eigenvalue weighted by molar-refractivity contribution is -0.136. The van der Waals surface area contributed by atoms with E-state index in [4.69, 9.17) is 9.47 Å². The van der Waals surface area contributed by atoms with Gasteiger partial charge in [-0.15, -0.1) is 0 Å². The van der Waals surface area contributed by atoms with Gasteiger partial charge < -0.3 is 19.6 Å². The fourth-order valence-electron chi connectivity index (χ4n) is 3.97. The van der Waals surface area contributed by atoms with E-state index in [0.29, 0.717) is 18.1 Å². The molecule has 4 aromatic rings. The van der Waals surface area contributed by atoms with Crippen LogP contribution in [0, 0.1) is 13.8 Å². The van der Waals surface area contributed by atoms with Crippen molar-refractivity contribution in [3.8, 4) is 22.8 Å². The Morgan fingerprint density at radius 2 is 1.77 bits per heavy atom. The van der Waals surface area contributed by atoms with Crippen LogP contribution in [0.25, 0.3) is 22.2 Å². The van der Waals surface area contributed by atoms with Crippen LogP contribution in [0.3, 0.4) is 0 Å². The molecule has 1 heterocycles.